The van der Waals surface area contributed by atoms with Crippen molar-refractivity contribution in [3.05, 3.63) is 6.20 Å². The number of fused-ring (bicyclic) bond motifs is 1. The predicted molar refractivity (Wildman–Crippen MR) is 75.2 cm³/mol. The summed E-state index contributed by atoms with van der Waals surface area (Å²) in [6.45, 7) is 0. The van der Waals surface area contributed by atoms with Crippen LogP contribution >= 0.6 is 11.8 Å². The lowest BCUT2D eigenvalue weighted by Crippen LogP contribution is -2.25. The average Bonchev–Trinajstić information content (AvgIpc) is 2.88. The van der Waals surface area contributed by atoms with E-state index in [0.29, 0.717) is 12.0 Å². The molecule has 1 fully saturated rings. The molecule has 6 nitrogen and oxygen atoms in total. The summed E-state index contributed by atoms with van der Waals surface area (Å²) in [6, 6.07) is 0.504. The molecule has 0 unspecified atom stereocenters. The Morgan fingerprint density at radius 2 is 2.17 bits per heavy atom. The molecule has 3 N–H and O–H groups in total. The van der Waals surface area contributed by atoms with Crippen LogP contribution in [0, 0.1) is 0 Å². The van der Waals surface area contributed by atoms with Crippen LogP contribution in [0.5, 0.6) is 0 Å². The minimum atomic E-state index is 0.504. The number of nitrogens with zero attached hydrogens (tertiary/aromatic N) is 3. The van der Waals surface area contributed by atoms with Crippen molar-refractivity contribution in [1.82, 2.24) is 20.2 Å². The lowest BCUT2D eigenvalue weighted by Gasteiger charge is -2.23. The lowest BCUT2D eigenvalue weighted by molar-refractivity contribution is 0.664. The highest BCUT2D eigenvalue weighted by atomic mass is 32.2. The third kappa shape index (κ3) is 2.22. The molecule has 2 aromatic heterocycles. The maximum atomic E-state index is 4.49. The molecule has 1 saturated heterocycles. The number of aromatic nitrogens is 4. The van der Waals surface area contributed by atoms with Crippen LogP contribution in [-0.4, -0.2) is 44.8 Å². The van der Waals surface area contributed by atoms with E-state index in [-0.39, 0.29) is 0 Å². The Kier molecular flexibility index (Phi) is 3.22. The number of hydrogen-bond acceptors (Lipinski definition) is 6. The monoisotopic (exact) mass is 264 g/mol. The minimum absolute atomic E-state index is 0.504. The molecule has 1 aliphatic rings. The van der Waals surface area contributed by atoms with Crippen molar-refractivity contribution < 1.29 is 0 Å². The average molecular weight is 264 g/mol. The van der Waals surface area contributed by atoms with Gasteiger partial charge in [-0.1, -0.05) is 0 Å². The molecule has 0 aromatic carbocycles. The molecule has 7 heteroatoms. The van der Waals surface area contributed by atoms with E-state index < -0.39 is 0 Å². The summed E-state index contributed by atoms with van der Waals surface area (Å²) < 4.78 is 0. The Bertz CT molecular complexity index is 533. The van der Waals surface area contributed by atoms with Gasteiger partial charge in [-0.25, -0.2) is 0 Å². The first-order valence-corrected chi connectivity index (χ1v) is 7.25. The molecule has 0 atom stereocenters. The Hall–Kier alpha value is -1.50. The van der Waals surface area contributed by atoms with Crippen molar-refractivity contribution >= 4 is 34.6 Å². The molecule has 2 aromatic rings. The normalized spacial score (nSPS) is 16.9. The van der Waals surface area contributed by atoms with Gasteiger partial charge >= 0.3 is 0 Å². The summed E-state index contributed by atoms with van der Waals surface area (Å²) in [5.74, 6) is 3.92. The van der Waals surface area contributed by atoms with Crippen LogP contribution in [0.25, 0.3) is 11.0 Å². The van der Waals surface area contributed by atoms with E-state index in [0.717, 1.165) is 16.9 Å². The highest BCUT2D eigenvalue weighted by molar-refractivity contribution is 7.99. The van der Waals surface area contributed by atoms with Gasteiger partial charge in [0.2, 0.25) is 5.95 Å². The van der Waals surface area contributed by atoms with Crippen molar-refractivity contribution in [2.24, 2.45) is 0 Å². The number of nitrogens with one attached hydrogen (secondary N) is 3. The van der Waals surface area contributed by atoms with E-state index in [1.807, 2.05) is 18.8 Å². The first-order valence-electron chi connectivity index (χ1n) is 6.10. The smallest absolute Gasteiger partial charge is 0.226 e. The SMILES string of the molecule is CNc1nc(NC2CCSCC2)c2cn[nH]c2n1. The van der Waals surface area contributed by atoms with Crippen LogP contribution in [0.4, 0.5) is 11.8 Å². The van der Waals surface area contributed by atoms with E-state index in [4.69, 9.17) is 0 Å². The molecule has 3 rings (SSSR count). The zero-order valence-electron chi connectivity index (χ0n) is 10.2. The largest absolute Gasteiger partial charge is 0.367 e. The van der Waals surface area contributed by atoms with Gasteiger partial charge in [-0.05, 0) is 24.3 Å². The molecule has 3 heterocycles. The second-order valence-corrected chi connectivity index (χ2v) is 5.53. The molecule has 0 amide bonds. The van der Waals surface area contributed by atoms with Gasteiger partial charge in [0.05, 0.1) is 11.6 Å². The number of H-pyrrole nitrogens is 1. The molecule has 0 radical (unpaired) electrons. The van der Waals surface area contributed by atoms with E-state index in [1.165, 1.54) is 24.3 Å². The zero-order valence-corrected chi connectivity index (χ0v) is 11.0. The van der Waals surface area contributed by atoms with Crippen LogP contribution in [0.3, 0.4) is 0 Å². The van der Waals surface area contributed by atoms with Crippen molar-refractivity contribution in [1.29, 1.82) is 0 Å². The van der Waals surface area contributed by atoms with Gasteiger partial charge in [0.15, 0.2) is 5.65 Å². The fourth-order valence-corrected chi connectivity index (χ4v) is 3.20. The third-order valence-corrected chi connectivity index (χ3v) is 4.14. The second-order valence-electron chi connectivity index (χ2n) is 4.31. The highest BCUT2D eigenvalue weighted by Gasteiger charge is 2.16. The summed E-state index contributed by atoms with van der Waals surface area (Å²) in [5, 5.41) is 14.4. The van der Waals surface area contributed by atoms with E-state index in [9.17, 15) is 0 Å². The van der Waals surface area contributed by atoms with Crippen molar-refractivity contribution in [2.75, 3.05) is 29.2 Å². The van der Waals surface area contributed by atoms with E-state index >= 15 is 0 Å². The molecule has 18 heavy (non-hydrogen) atoms. The Morgan fingerprint density at radius 3 is 2.94 bits per heavy atom. The first-order chi connectivity index (χ1) is 8.86. The standard InChI is InChI=1S/C11H16N6S/c1-12-11-15-9(8-6-13-17-10(8)16-11)14-7-2-4-18-5-3-7/h6-7H,2-5H2,1H3,(H3,12,13,14,15,16,17). The predicted octanol–water partition coefficient (Wildman–Crippen LogP) is 1.70. The summed E-state index contributed by atoms with van der Waals surface area (Å²) in [7, 11) is 1.82. The van der Waals surface area contributed by atoms with Crippen LogP contribution in [0.15, 0.2) is 6.20 Å². The topological polar surface area (TPSA) is 78.5 Å². The fraction of sp³-hybridized carbons (Fsp3) is 0.545. The third-order valence-electron chi connectivity index (χ3n) is 3.10. The van der Waals surface area contributed by atoms with Gasteiger partial charge in [0.25, 0.3) is 0 Å². The summed E-state index contributed by atoms with van der Waals surface area (Å²) in [5.41, 5.74) is 0.766. The lowest BCUT2D eigenvalue weighted by atomic mass is 10.1. The van der Waals surface area contributed by atoms with Crippen LogP contribution in [-0.2, 0) is 0 Å². The molecule has 0 aliphatic carbocycles. The van der Waals surface area contributed by atoms with Crippen LogP contribution in [0.1, 0.15) is 12.8 Å². The quantitative estimate of drug-likeness (QED) is 0.783. The van der Waals surface area contributed by atoms with Gasteiger partial charge in [-0.2, -0.15) is 26.8 Å². The van der Waals surface area contributed by atoms with Crippen molar-refractivity contribution in [3.63, 3.8) is 0 Å². The maximum Gasteiger partial charge on any atom is 0.226 e. The molecule has 0 saturated carbocycles. The number of thioether (sulfide) groups is 1. The maximum absolute atomic E-state index is 4.49. The molecule has 96 valence electrons. The van der Waals surface area contributed by atoms with Crippen LogP contribution < -0.4 is 10.6 Å². The number of anilines is 2. The first kappa shape index (κ1) is 11.6. The number of aromatic amines is 1. The zero-order chi connectivity index (χ0) is 12.4. The van der Waals surface area contributed by atoms with Gasteiger partial charge < -0.3 is 10.6 Å². The van der Waals surface area contributed by atoms with Gasteiger partial charge in [-0.3, -0.25) is 5.10 Å². The van der Waals surface area contributed by atoms with Gasteiger partial charge in [0, 0.05) is 13.1 Å². The molecular formula is C11H16N6S. The Morgan fingerprint density at radius 1 is 1.33 bits per heavy atom. The molecule has 0 bridgehead atoms. The Balaban J connectivity index is 1.91. The van der Waals surface area contributed by atoms with Gasteiger partial charge in [-0.15, -0.1) is 0 Å². The molecular weight excluding hydrogens is 248 g/mol. The van der Waals surface area contributed by atoms with E-state index in [2.05, 4.69) is 30.8 Å². The molecule has 0 spiro atoms. The van der Waals surface area contributed by atoms with E-state index in [1.54, 1.807) is 6.20 Å². The number of hydrogen-bond donors (Lipinski definition) is 3. The summed E-state index contributed by atoms with van der Waals surface area (Å²) >= 11 is 2.02. The van der Waals surface area contributed by atoms with Crippen molar-refractivity contribution in [3.8, 4) is 0 Å². The van der Waals surface area contributed by atoms with Crippen molar-refractivity contribution in [2.45, 2.75) is 18.9 Å². The van der Waals surface area contributed by atoms with Crippen LogP contribution in [0.2, 0.25) is 0 Å². The highest BCUT2D eigenvalue weighted by Crippen LogP contribution is 2.24. The molecule has 1 aliphatic heterocycles. The fourth-order valence-electron chi connectivity index (χ4n) is 2.09. The number of rotatable bonds is 3. The minimum Gasteiger partial charge on any atom is -0.367 e. The Labute approximate surface area is 109 Å². The van der Waals surface area contributed by atoms with Gasteiger partial charge in [0.1, 0.15) is 5.82 Å². The summed E-state index contributed by atoms with van der Waals surface area (Å²) in [4.78, 5) is 8.81. The second kappa shape index (κ2) is 5.01. The summed E-state index contributed by atoms with van der Waals surface area (Å²) in [6.07, 6.45) is 4.14.